The zero-order chi connectivity index (χ0) is 23.1. The molecule has 32 heavy (non-hydrogen) atoms. The van der Waals surface area contributed by atoms with Gasteiger partial charge >= 0.3 is 6.18 Å². The molecule has 1 saturated heterocycles. The van der Waals surface area contributed by atoms with Gasteiger partial charge in [-0.1, -0.05) is 23.7 Å². The minimum absolute atomic E-state index is 0.0332. The van der Waals surface area contributed by atoms with Gasteiger partial charge < -0.3 is 4.90 Å². The maximum atomic E-state index is 13.1. The lowest BCUT2D eigenvalue weighted by atomic mass is 10.0. The molecule has 3 aromatic rings. The molecular formula is C23H17ClF3NO3S. The lowest BCUT2D eigenvalue weighted by molar-refractivity contribution is -0.137. The van der Waals surface area contributed by atoms with Crippen LogP contribution in [0.1, 0.15) is 30.0 Å². The fourth-order valence-electron chi connectivity index (χ4n) is 3.78. The summed E-state index contributed by atoms with van der Waals surface area (Å²) in [4.78, 5) is 14.1. The SMILES string of the molecule is O=C1CCC(c2cccc(C(F)(F)F)c2)N1c1ccc(S(=O)(=O)c2ccc(Cl)cc2)cc1. The number of hydrogen-bond acceptors (Lipinski definition) is 3. The fraction of sp³-hybridized carbons (Fsp3) is 0.174. The van der Waals surface area contributed by atoms with Crippen LogP contribution in [0.4, 0.5) is 18.9 Å². The number of alkyl halides is 3. The van der Waals surface area contributed by atoms with Gasteiger partial charge in [-0.3, -0.25) is 4.79 Å². The van der Waals surface area contributed by atoms with Crippen LogP contribution in [0.25, 0.3) is 0 Å². The van der Waals surface area contributed by atoms with Crippen molar-refractivity contribution in [1.29, 1.82) is 0 Å². The van der Waals surface area contributed by atoms with Crippen molar-refractivity contribution >= 4 is 33.0 Å². The Morgan fingerprint density at radius 1 is 0.906 bits per heavy atom. The Morgan fingerprint density at radius 2 is 1.50 bits per heavy atom. The summed E-state index contributed by atoms with van der Waals surface area (Å²) < 4.78 is 65.0. The molecule has 0 radical (unpaired) electrons. The summed E-state index contributed by atoms with van der Waals surface area (Å²) in [5, 5.41) is 0.410. The second kappa shape index (κ2) is 8.26. The van der Waals surface area contributed by atoms with E-state index in [9.17, 15) is 26.4 Å². The van der Waals surface area contributed by atoms with Crippen molar-refractivity contribution in [3.63, 3.8) is 0 Å². The number of sulfone groups is 1. The molecule has 1 amide bonds. The molecule has 0 aromatic heterocycles. The molecule has 1 fully saturated rings. The van der Waals surface area contributed by atoms with Crippen LogP contribution in [0.15, 0.2) is 82.6 Å². The number of benzene rings is 3. The molecule has 4 rings (SSSR count). The third kappa shape index (κ3) is 4.25. The average Bonchev–Trinajstić information content (AvgIpc) is 3.15. The highest BCUT2D eigenvalue weighted by Crippen LogP contribution is 2.39. The first-order valence-electron chi connectivity index (χ1n) is 9.67. The van der Waals surface area contributed by atoms with E-state index < -0.39 is 27.6 Å². The van der Waals surface area contributed by atoms with E-state index in [2.05, 4.69) is 0 Å². The summed E-state index contributed by atoms with van der Waals surface area (Å²) in [6.07, 6.45) is -3.93. The molecule has 1 atom stereocenters. The number of hydrogen-bond donors (Lipinski definition) is 0. The van der Waals surface area contributed by atoms with Crippen LogP contribution in [-0.4, -0.2) is 14.3 Å². The first kappa shape index (κ1) is 22.4. The van der Waals surface area contributed by atoms with Gasteiger partial charge in [-0.05, 0) is 72.6 Å². The van der Waals surface area contributed by atoms with Gasteiger partial charge in [-0.25, -0.2) is 8.42 Å². The topological polar surface area (TPSA) is 54.5 Å². The predicted octanol–water partition coefficient (Wildman–Crippen LogP) is 6.06. The molecule has 9 heteroatoms. The van der Waals surface area contributed by atoms with Gasteiger partial charge in [0, 0.05) is 17.1 Å². The van der Waals surface area contributed by atoms with Crippen molar-refractivity contribution in [3.05, 3.63) is 88.9 Å². The highest BCUT2D eigenvalue weighted by molar-refractivity contribution is 7.91. The first-order valence-corrected chi connectivity index (χ1v) is 11.5. The maximum absolute atomic E-state index is 13.1. The van der Waals surface area contributed by atoms with Gasteiger partial charge in [0.1, 0.15) is 0 Å². The Kier molecular flexibility index (Phi) is 5.77. The summed E-state index contributed by atoms with van der Waals surface area (Å²) in [5.41, 5.74) is 0.0206. The van der Waals surface area contributed by atoms with E-state index in [1.807, 2.05) is 0 Å². The summed E-state index contributed by atoms with van der Waals surface area (Å²) in [6, 6.07) is 15.9. The number of carbonyl (C=O) groups is 1. The summed E-state index contributed by atoms with van der Waals surface area (Å²) in [7, 11) is -3.78. The Hall–Kier alpha value is -2.84. The van der Waals surface area contributed by atoms with Gasteiger partial charge in [-0.2, -0.15) is 13.2 Å². The third-order valence-electron chi connectivity index (χ3n) is 5.36. The third-order valence-corrected chi connectivity index (χ3v) is 7.40. The Bertz CT molecular complexity index is 1260. The average molecular weight is 480 g/mol. The van der Waals surface area contributed by atoms with E-state index in [4.69, 9.17) is 11.6 Å². The Labute approximate surface area is 188 Å². The van der Waals surface area contributed by atoms with Gasteiger partial charge in [-0.15, -0.1) is 0 Å². The zero-order valence-corrected chi connectivity index (χ0v) is 18.1. The summed E-state index contributed by atoms with van der Waals surface area (Å²) in [6.45, 7) is 0. The van der Waals surface area contributed by atoms with Crippen LogP contribution >= 0.6 is 11.6 Å². The second-order valence-corrected chi connectivity index (χ2v) is 9.78. The monoisotopic (exact) mass is 479 g/mol. The summed E-state index contributed by atoms with van der Waals surface area (Å²) >= 11 is 5.82. The quantitative estimate of drug-likeness (QED) is 0.457. The van der Waals surface area contributed by atoms with Crippen molar-refractivity contribution < 1.29 is 26.4 Å². The molecule has 4 nitrogen and oxygen atoms in total. The van der Waals surface area contributed by atoms with Crippen LogP contribution in [0.5, 0.6) is 0 Å². The van der Waals surface area contributed by atoms with Gasteiger partial charge in [0.25, 0.3) is 0 Å². The number of rotatable bonds is 4. The molecule has 1 aliphatic rings. The second-order valence-electron chi connectivity index (χ2n) is 7.39. The van der Waals surface area contributed by atoms with Crippen LogP contribution in [0.2, 0.25) is 5.02 Å². The fourth-order valence-corrected chi connectivity index (χ4v) is 5.17. The molecule has 3 aromatic carbocycles. The highest BCUT2D eigenvalue weighted by atomic mass is 35.5. The maximum Gasteiger partial charge on any atom is 0.416 e. The molecule has 1 heterocycles. The van der Waals surface area contributed by atoms with Gasteiger partial charge in [0.15, 0.2) is 0 Å². The van der Waals surface area contributed by atoms with Gasteiger partial charge in [0.05, 0.1) is 21.4 Å². The van der Waals surface area contributed by atoms with E-state index in [0.717, 1.165) is 12.1 Å². The standard InChI is InChI=1S/C23H17ClF3NO3S/c24-17-4-8-19(9-5-17)32(30,31)20-10-6-18(7-11-20)28-21(12-13-22(28)29)15-2-1-3-16(14-15)23(25,26)27/h1-11,14,21H,12-13H2. The van der Waals surface area contributed by atoms with Crippen LogP contribution in [-0.2, 0) is 20.8 Å². The van der Waals surface area contributed by atoms with Crippen LogP contribution < -0.4 is 4.90 Å². The minimum atomic E-state index is -4.48. The highest BCUT2D eigenvalue weighted by Gasteiger charge is 2.36. The minimum Gasteiger partial charge on any atom is -0.305 e. The van der Waals surface area contributed by atoms with Crippen molar-refractivity contribution in [2.75, 3.05) is 4.90 Å². The van der Waals surface area contributed by atoms with Crippen molar-refractivity contribution in [3.8, 4) is 0 Å². The first-order chi connectivity index (χ1) is 15.1. The molecule has 0 saturated carbocycles. The number of carbonyl (C=O) groups excluding carboxylic acids is 1. The molecule has 1 aliphatic heterocycles. The van der Waals surface area contributed by atoms with Crippen molar-refractivity contribution in [2.24, 2.45) is 0 Å². The number of amides is 1. The molecule has 166 valence electrons. The smallest absolute Gasteiger partial charge is 0.305 e. The molecular weight excluding hydrogens is 463 g/mol. The van der Waals surface area contributed by atoms with E-state index in [1.54, 1.807) is 6.07 Å². The van der Waals surface area contributed by atoms with Crippen LogP contribution in [0.3, 0.4) is 0 Å². The van der Waals surface area contributed by atoms with E-state index in [1.165, 1.54) is 59.5 Å². The van der Waals surface area contributed by atoms with Crippen molar-refractivity contribution in [2.45, 2.75) is 34.9 Å². The molecule has 1 unspecified atom stereocenters. The molecule has 0 spiro atoms. The lowest BCUT2D eigenvalue weighted by Crippen LogP contribution is -2.27. The van der Waals surface area contributed by atoms with Crippen LogP contribution in [0, 0.1) is 0 Å². The number of anilines is 1. The molecule has 0 aliphatic carbocycles. The summed E-state index contributed by atoms with van der Waals surface area (Å²) in [5.74, 6) is -0.235. The Morgan fingerprint density at radius 3 is 2.09 bits per heavy atom. The Balaban J connectivity index is 1.65. The molecule has 0 N–H and O–H groups in total. The van der Waals surface area contributed by atoms with E-state index in [0.29, 0.717) is 22.7 Å². The lowest BCUT2D eigenvalue weighted by Gasteiger charge is -2.26. The number of nitrogens with zero attached hydrogens (tertiary/aromatic N) is 1. The predicted molar refractivity (Wildman–Crippen MR) is 114 cm³/mol. The van der Waals surface area contributed by atoms with Gasteiger partial charge in [0.2, 0.25) is 15.7 Å². The zero-order valence-electron chi connectivity index (χ0n) is 16.5. The molecule has 0 bridgehead atoms. The largest absolute Gasteiger partial charge is 0.416 e. The van der Waals surface area contributed by atoms with E-state index in [-0.39, 0.29) is 22.1 Å². The van der Waals surface area contributed by atoms with Crippen molar-refractivity contribution in [1.82, 2.24) is 0 Å². The normalized spacial score (nSPS) is 17.1. The number of halogens is 4. The van der Waals surface area contributed by atoms with E-state index >= 15 is 0 Å².